The number of aromatic amines is 1. The SMILES string of the molecule is N[C@@H]1c2ccccc2CC12CCN(c1ncc3c(=O)n(-c4c(Cl)cccc4Cl)[nH]c3n1)CC2. The van der Waals surface area contributed by atoms with E-state index in [0.717, 1.165) is 32.4 Å². The minimum atomic E-state index is -0.293. The van der Waals surface area contributed by atoms with Gasteiger partial charge in [-0.1, -0.05) is 53.5 Å². The predicted molar refractivity (Wildman–Crippen MR) is 130 cm³/mol. The van der Waals surface area contributed by atoms with Crippen LogP contribution in [0, 0.1) is 5.41 Å². The van der Waals surface area contributed by atoms with Crippen molar-refractivity contribution >= 4 is 40.2 Å². The lowest BCUT2D eigenvalue weighted by Gasteiger charge is -2.42. The molecule has 0 radical (unpaired) electrons. The topological polar surface area (TPSA) is 92.8 Å². The number of nitrogens with one attached hydrogen (secondary N) is 1. The van der Waals surface area contributed by atoms with Gasteiger partial charge < -0.3 is 10.6 Å². The fraction of sp³-hybridized carbons (Fsp3) is 0.292. The van der Waals surface area contributed by atoms with Crippen molar-refractivity contribution in [3.63, 3.8) is 0 Å². The summed E-state index contributed by atoms with van der Waals surface area (Å²) in [5.74, 6) is 0.597. The molecule has 7 nitrogen and oxygen atoms in total. The van der Waals surface area contributed by atoms with Gasteiger partial charge in [0, 0.05) is 25.3 Å². The lowest BCUT2D eigenvalue weighted by molar-refractivity contribution is 0.187. The Labute approximate surface area is 200 Å². The van der Waals surface area contributed by atoms with Crippen LogP contribution in [0.4, 0.5) is 5.95 Å². The second kappa shape index (κ2) is 7.58. The lowest BCUT2D eigenvalue weighted by Crippen LogP contribution is -2.44. The molecule has 1 fully saturated rings. The monoisotopic (exact) mass is 480 g/mol. The average Bonchev–Trinajstić information content (AvgIpc) is 3.28. The van der Waals surface area contributed by atoms with Crippen LogP contribution >= 0.6 is 23.2 Å². The molecule has 0 unspecified atom stereocenters. The Morgan fingerprint density at radius 2 is 1.79 bits per heavy atom. The van der Waals surface area contributed by atoms with Crippen molar-refractivity contribution in [2.24, 2.45) is 11.1 Å². The molecular formula is C24H22Cl2N6O. The molecule has 1 atom stereocenters. The number of piperidine rings is 1. The smallest absolute Gasteiger partial charge is 0.282 e. The number of nitrogens with two attached hydrogens (primary N) is 1. The van der Waals surface area contributed by atoms with Crippen molar-refractivity contribution < 1.29 is 0 Å². The van der Waals surface area contributed by atoms with Crippen molar-refractivity contribution in [1.82, 2.24) is 19.7 Å². The maximum Gasteiger partial charge on any atom is 0.282 e. The summed E-state index contributed by atoms with van der Waals surface area (Å²) in [6, 6.07) is 13.7. The number of rotatable bonds is 2. The number of fused-ring (bicyclic) bond motifs is 2. The van der Waals surface area contributed by atoms with Gasteiger partial charge in [-0.3, -0.25) is 9.89 Å². The fourth-order valence-corrected chi connectivity index (χ4v) is 5.93. The van der Waals surface area contributed by atoms with E-state index in [0.29, 0.717) is 32.7 Å². The van der Waals surface area contributed by atoms with Crippen LogP contribution in [-0.4, -0.2) is 32.8 Å². The summed E-state index contributed by atoms with van der Waals surface area (Å²) in [6.07, 6.45) is 4.53. The number of H-pyrrole nitrogens is 1. The van der Waals surface area contributed by atoms with E-state index in [1.54, 1.807) is 24.4 Å². The van der Waals surface area contributed by atoms with Gasteiger partial charge >= 0.3 is 0 Å². The summed E-state index contributed by atoms with van der Waals surface area (Å²) in [5.41, 5.74) is 9.99. The molecule has 2 aromatic heterocycles. The van der Waals surface area contributed by atoms with Gasteiger partial charge in [0.2, 0.25) is 5.95 Å². The van der Waals surface area contributed by atoms with Gasteiger partial charge in [0.25, 0.3) is 5.56 Å². The number of aromatic nitrogens is 4. The molecule has 9 heteroatoms. The van der Waals surface area contributed by atoms with E-state index in [-0.39, 0.29) is 17.0 Å². The van der Waals surface area contributed by atoms with Crippen LogP contribution in [0.15, 0.2) is 53.5 Å². The minimum absolute atomic E-state index is 0.0602. The van der Waals surface area contributed by atoms with E-state index in [1.165, 1.54) is 15.8 Å². The lowest BCUT2D eigenvalue weighted by atomic mass is 9.73. The van der Waals surface area contributed by atoms with E-state index in [4.69, 9.17) is 28.9 Å². The van der Waals surface area contributed by atoms with E-state index >= 15 is 0 Å². The van der Waals surface area contributed by atoms with Crippen LogP contribution in [0.5, 0.6) is 0 Å². The van der Waals surface area contributed by atoms with Crippen molar-refractivity contribution in [1.29, 1.82) is 0 Å². The zero-order chi connectivity index (χ0) is 22.7. The number of para-hydroxylation sites is 1. The van der Waals surface area contributed by atoms with Gasteiger partial charge in [-0.05, 0) is 47.9 Å². The molecule has 33 heavy (non-hydrogen) atoms. The first-order valence-electron chi connectivity index (χ1n) is 11.0. The molecular weight excluding hydrogens is 459 g/mol. The second-order valence-corrected chi connectivity index (χ2v) is 9.77. The van der Waals surface area contributed by atoms with Crippen molar-refractivity contribution in [3.05, 3.63) is 80.2 Å². The molecule has 1 aliphatic carbocycles. The van der Waals surface area contributed by atoms with Gasteiger partial charge in [0.15, 0.2) is 5.65 Å². The van der Waals surface area contributed by atoms with E-state index in [1.807, 2.05) is 0 Å². The molecule has 1 aliphatic heterocycles. The first kappa shape index (κ1) is 20.7. The third kappa shape index (κ3) is 3.18. The van der Waals surface area contributed by atoms with Crippen molar-refractivity contribution in [3.8, 4) is 5.69 Å². The van der Waals surface area contributed by atoms with Crippen LogP contribution in [-0.2, 0) is 6.42 Å². The zero-order valence-corrected chi connectivity index (χ0v) is 19.3. The molecule has 3 N–H and O–H groups in total. The minimum Gasteiger partial charge on any atom is -0.341 e. The molecule has 0 saturated carbocycles. The predicted octanol–water partition coefficient (Wildman–Crippen LogP) is 4.26. The van der Waals surface area contributed by atoms with Crippen molar-refractivity contribution in [2.45, 2.75) is 25.3 Å². The first-order valence-corrected chi connectivity index (χ1v) is 11.7. The number of hydrogen-bond donors (Lipinski definition) is 2. The maximum atomic E-state index is 12.9. The molecule has 6 rings (SSSR count). The largest absolute Gasteiger partial charge is 0.341 e. The highest BCUT2D eigenvalue weighted by Gasteiger charge is 2.46. The fourth-order valence-electron chi connectivity index (χ4n) is 5.36. The third-order valence-electron chi connectivity index (χ3n) is 7.22. The first-order chi connectivity index (χ1) is 16.0. The standard InChI is InChI=1S/C24H22Cl2N6O/c25-17-6-3-7-18(26)19(17)32-22(33)16-13-28-23(29-21(16)30-32)31-10-8-24(9-11-31)12-14-4-1-2-5-15(14)20(24)27/h1-7,13,20H,8-12,27H2,(H,28,29,30)/t20-/m1/s1. The van der Waals surface area contributed by atoms with E-state index in [9.17, 15) is 4.79 Å². The summed E-state index contributed by atoms with van der Waals surface area (Å²) < 4.78 is 1.33. The van der Waals surface area contributed by atoms with Crippen molar-refractivity contribution in [2.75, 3.05) is 18.0 Å². The highest BCUT2D eigenvalue weighted by Crippen LogP contribution is 2.50. The zero-order valence-electron chi connectivity index (χ0n) is 17.8. The molecule has 168 valence electrons. The number of anilines is 1. The Kier molecular flexibility index (Phi) is 4.76. The Morgan fingerprint density at radius 1 is 1.06 bits per heavy atom. The molecule has 1 saturated heterocycles. The molecule has 2 aromatic carbocycles. The van der Waals surface area contributed by atoms with E-state index < -0.39 is 0 Å². The molecule has 4 aromatic rings. The highest BCUT2D eigenvalue weighted by atomic mass is 35.5. The van der Waals surface area contributed by atoms with Gasteiger partial charge in [-0.25, -0.2) is 9.67 Å². The van der Waals surface area contributed by atoms with Crippen LogP contribution in [0.25, 0.3) is 16.7 Å². The number of halogens is 2. The van der Waals surface area contributed by atoms with Gasteiger partial charge in [0.05, 0.1) is 10.0 Å². The van der Waals surface area contributed by atoms with Crippen LogP contribution in [0.3, 0.4) is 0 Å². The van der Waals surface area contributed by atoms with Crippen LogP contribution in [0.2, 0.25) is 10.0 Å². The van der Waals surface area contributed by atoms with Crippen LogP contribution < -0.4 is 16.2 Å². The summed E-state index contributed by atoms with van der Waals surface area (Å²) in [7, 11) is 0. The van der Waals surface area contributed by atoms with Gasteiger partial charge in [-0.15, -0.1) is 0 Å². The quantitative estimate of drug-likeness (QED) is 0.447. The molecule has 0 bridgehead atoms. The Hall–Kier alpha value is -2.87. The second-order valence-electron chi connectivity index (χ2n) is 8.96. The Bertz CT molecular complexity index is 1420. The van der Waals surface area contributed by atoms with Gasteiger partial charge in [-0.2, -0.15) is 4.98 Å². The number of benzene rings is 2. The Balaban J connectivity index is 1.28. The van der Waals surface area contributed by atoms with Crippen LogP contribution in [0.1, 0.15) is 30.0 Å². The summed E-state index contributed by atoms with van der Waals surface area (Å²) in [4.78, 5) is 24.3. The highest BCUT2D eigenvalue weighted by molar-refractivity contribution is 6.37. The number of hydrogen-bond acceptors (Lipinski definition) is 5. The third-order valence-corrected chi connectivity index (χ3v) is 7.83. The molecule has 2 aliphatic rings. The Morgan fingerprint density at radius 3 is 2.52 bits per heavy atom. The normalized spacial score (nSPS) is 19.4. The molecule has 3 heterocycles. The number of nitrogens with zero attached hydrogens (tertiary/aromatic N) is 4. The summed E-state index contributed by atoms with van der Waals surface area (Å²) in [5, 5.41) is 4.18. The van der Waals surface area contributed by atoms with Gasteiger partial charge in [0.1, 0.15) is 11.1 Å². The average molecular weight is 481 g/mol. The molecule has 1 spiro atoms. The summed E-state index contributed by atoms with van der Waals surface area (Å²) >= 11 is 12.6. The van der Waals surface area contributed by atoms with E-state index in [2.05, 4.69) is 44.2 Å². The summed E-state index contributed by atoms with van der Waals surface area (Å²) in [6.45, 7) is 1.63. The molecule has 0 amide bonds. The maximum absolute atomic E-state index is 12.9.